The van der Waals surface area contributed by atoms with Crippen LogP contribution in [0.3, 0.4) is 0 Å². The van der Waals surface area contributed by atoms with E-state index in [1.54, 1.807) is 12.1 Å². The zero-order valence-electron chi connectivity index (χ0n) is 30.0. The Labute approximate surface area is 331 Å². The Hall–Kier alpha value is -6.07. The molecule has 6 amide bonds. The number of amides is 6. The van der Waals surface area contributed by atoms with Gasteiger partial charge in [0.15, 0.2) is 0 Å². The van der Waals surface area contributed by atoms with E-state index in [0.717, 1.165) is 36.2 Å². The SMILES string of the molecule is O=C(CN1CCN(Cc2csc(-c3ccc(NC(=O)Nc4cc(C(F)(F)F)cc(C(F)(F)F)c4)cc3)n2)CC1)N/N=C/C1NC(=O)N(c2ccc(C(F)(F)F)cc2)C1=O. The highest BCUT2D eigenvalue weighted by Crippen LogP contribution is 2.38. The Balaban J connectivity index is 0.926. The van der Waals surface area contributed by atoms with Gasteiger partial charge in [0.05, 0.1) is 40.8 Å². The Kier molecular flexibility index (Phi) is 12.3. The number of urea groups is 2. The topological polar surface area (TPSA) is 151 Å². The summed E-state index contributed by atoms with van der Waals surface area (Å²) in [6, 6.07) is 7.35. The number of alkyl halides is 9. The van der Waals surface area contributed by atoms with Crippen LogP contribution in [0.5, 0.6) is 0 Å². The van der Waals surface area contributed by atoms with Gasteiger partial charge >= 0.3 is 30.6 Å². The molecule has 59 heavy (non-hydrogen) atoms. The van der Waals surface area contributed by atoms with E-state index in [1.807, 2.05) is 15.6 Å². The van der Waals surface area contributed by atoms with E-state index < -0.39 is 70.8 Å². The van der Waals surface area contributed by atoms with Crippen molar-refractivity contribution in [2.45, 2.75) is 31.1 Å². The highest BCUT2D eigenvalue weighted by Gasteiger charge is 2.40. The van der Waals surface area contributed by atoms with Crippen LogP contribution in [0.4, 0.5) is 66.2 Å². The van der Waals surface area contributed by atoms with E-state index in [9.17, 15) is 58.7 Å². The third kappa shape index (κ3) is 10.9. The summed E-state index contributed by atoms with van der Waals surface area (Å²) in [5.74, 6) is -1.27. The molecular formula is C36H30F9N9O4S. The van der Waals surface area contributed by atoms with E-state index >= 15 is 0 Å². The fourth-order valence-electron chi connectivity index (χ4n) is 5.93. The van der Waals surface area contributed by atoms with Crippen LogP contribution in [0.2, 0.25) is 0 Å². The predicted octanol–water partition coefficient (Wildman–Crippen LogP) is 6.86. The summed E-state index contributed by atoms with van der Waals surface area (Å²) in [6.45, 7) is 2.78. The molecule has 1 atom stereocenters. The van der Waals surface area contributed by atoms with Gasteiger partial charge in [-0.2, -0.15) is 44.6 Å². The number of hydrogen-bond acceptors (Lipinski definition) is 9. The summed E-state index contributed by atoms with van der Waals surface area (Å²) in [4.78, 5) is 59.3. The van der Waals surface area contributed by atoms with Gasteiger partial charge < -0.3 is 16.0 Å². The van der Waals surface area contributed by atoms with Crippen molar-refractivity contribution in [3.8, 4) is 10.6 Å². The number of carbonyl (C=O) groups excluding carboxylic acids is 4. The fourth-order valence-corrected chi connectivity index (χ4v) is 6.75. The highest BCUT2D eigenvalue weighted by atomic mass is 32.1. The minimum absolute atomic E-state index is 0.00851. The number of hydrogen-bond donors (Lipinski definition) is 4. The monoisotopic (exact) mass is 855 g/mol. The number of aromatic nitrogens is 1. The number of anilines is 3. The Bertz CT molecular complexity index is 2190. The molecule has 0 saturated carbocycles. The highest BCUT2D eigenvalue weighted by molar-refractivity contribution is 7.13. The minimum Gasteiger partial charge on any atom is -0.321 e. The number of carbonyl (C=O) groups is 4. The van der Waals surface area contributed by atoms with Gasteiger partial charge in [-0.3, -0.25) is 19.4 Å². The Morgan fingerprint density at radius 1 is 0.780 bits per heavy atom. The van der Waals surface area contributed by atoms with Crippen molar-refractivity contribution < 1.29 is 58.7 Å². The predicted molar refractivity (Wildman–Crippen MR) is 196 cm³/mol. The summed E-state index contributed by atoms with van der Waals surface area (Å²) in [6.07, 6.45) is -13.7. The van der Waals surface area contributed by atoms with Crippen LogP contribution < -0.4 is 26.3 Å². The molecule has 2 aliphatic rings. The minimum atomic E-state index is -5.07. The molecule has 3 aromatic carbocycles. The van der Waals surface area contributed by atoms with Crippen LogP contribution in [0.1, 0.15) is 22.4 Å². The van der Waals surface area contributed by atoms with Gasteiger partial charge in [-0.05, 0) is 66.7 Å². The number of halogens is 9. The van der Waals surface area contributed by atoms with E-state index in [2.05, 4.69) is 31.0 Å². The van der Waals surface area contributed by atoms with Crippen LogP contribution in [0, 0.1) is 0 Å². The number of piperazine rings is 1. The third-order valence-electron chi connectivity index (χ3n) is 8.84. The molecule has 2 aliphatic heterocycles. The first kappa shape index (κ1) is 42.5. The normalized spacial score (nSPS) is 17.0. The van der Waals surface area contributed by atoms with Gasteiger partial charge in [-0.15, -0.1) is 11.3 Å². The number of hydrazone groups is 1. The molecule has 4 aromatic rings. The summed E-state index contributed by atoms with van der Waals surface area (Å²) >= 11 is 1.36. The lowest BCUT2D eigenvalue weighted by atomic mass is 10.1. The van der Waals surface area contributed by atoms with Crippen LogP contribution in [0.15, 0.2) is 77.2 Å². The Morgan fingerprint density at radius 2 is 1.36 bits per heavy atom. The van der Waals surface area contributed by atoms with Crippen molar-refractivity contribution in [1.82, 2.24) is 25.5 Å². The first-order chi connectivity index (χ1) is 27.7. The molecule has 0 aliphatic carbocycles. The molecule has 2 fully saturated rings. The maximum atomic E-state index is 13.2. The first-order valence-corrected chi connectivity index (χ1v) is 18.1. The van der Waals surface area contributed by atoms with E-state index in [-0.39, 0.29) is 24.0 Å². The lowest BCUT2D eigenvalue weighted by molar-refractivity contribution is -0.143. The molecule has 0 spiro atoms. The average molecular weight is 856 g/mol. The zero-order chi connectivity index (χ0) is 42.7. The van der Waals surface area contributed by atoms with Crippen LogP contribution >= 0.6 is 11.3 Å². The second-order valence-electron chi connectivity index (χ2n) is 13.1. The smallest absolute Gasteiger partial charge is 0.321 e. The standard InChI is InChI=1S/C36H30F9N9O4S/c37-34(38,39)21-3-7-27(8-4-21)54-31(56)28(50-33(54)58)16-46-51-29(55)18-53-11-9-52(10-12-53)17-26-19-59-30(47-26)20-1-5-24(6-2-20)48-32(57)49-25-14-22(35(40,41)42)13-23(15-25)36(43,44)45/h1-8,13-16,19,28H,9-12,17-18H2,(H,50,58)(H,51,55)(H2,48,49,57)/b46-16+. The van der Waals surface area contributed by atoms with Crippen LogP contribution in [0.25, 0.3) is 10.6 Å². The number of nitrogens with zero attached hydrogens (tertiary/aromatic N) is 5. The molecule has 13 nitrogen and oxygen atoms in total. The lowest BCUT2D eigenvalue weighted by Crippen LogP contribution is -2.48. The first-order valence-electron chi connectivity index (χ1n) is 17.2. The molecule has 2 saturated heterocycles. The molecule has 3 heterocycles. The third-order valence-corrected chi connectivity index (χ3v) is 9.78. The summed E-state index contributed by atoms with van der Waals surface area (Å²) < 4.78 is 118. The maximum absolute atomic E-state index is 13.2. The van der Waals surface area contributed by atoms with Crippen molar-refractivity contribution in [3.63, 3.8) is 0 Å². The second kappa shape index (κ2) is 17.0. The van der Waals surface area contributed by atoms with Crippen molar-refractivity contribution in [1.29, 1.82) is 0 Å². The fraction of sp³-hybridized carbons (Fsp3) is 0.278. The largest absolute Gasteiger partial charge is 0.416 e. The van der Waals surface area contributed by atoms with Gasteiger partial charge in [0.1, 0.15) is 11.0 Å². The van der Waals surface area contributed by atoms with Gasteiger partial charge in [0, 0.05) is 55.0 Å². The molecule has 0 radical (unpaired) electrons. The molecule has 1 aromatic heterocycles. The van der Waals surface area contributed by atoms with Crippen LogP contribution in [-0.4, -0.2) is 83.6 Å². The average Bonchev–Trinajstić information content (AvgIpc) is 3.74. The van der Waals surface area contributed by atoms with Crippen molar-refractivity contribution in [2.24, 2.45) is 5.10 Å². The van der Waals surface area contributed by atoms with Gasteiger partial charge in [-0.25, -0.2) is 24.9 Å². The van der Waals surface area contributed by atoms with Gasteiger partial charge in [0.25, 0.3) is 11.8 Å². The number of benzene rings is 3. The second-order valence-corrected chi connectivity index (χ2v) is 14.0. The van der Waals surface area contributed by atoms with Crippen LogP contribution in [-0.2, 0) is 34.7 Å². The molecule has 0 bridgehead atoms. The number of thiazole rings is 1. The molecule has 23 heteroatoms. The van der Waals surface area contributed by atoms with E-state index in [1.165, 1.54) is 23.5 Å². The molecule has 312 valence electrons. The Morgan fingerprint density at radius 3 is 1.95 bits per heavy atom. The van der Waals surface area contributed by atoms with Crippen molar-refractivity contribution in [3.05, 3.63) is 94.5 Å². The zero-order valence-corrected chi connectivity index (χ0v) is 30.8. The van der Waals surface area contributed by atoms with Gasteiger partial charge in [0.2, 0.25) is 0 Å². The number of rotatable bonds is 10. The summed E-state index contributed by atoms with van der Waals surface area (Å²) in [5, 5.41) is 13.0. The van der Waals surface area contributed by atoms with Crippen molar-refractivity contribution >= 4 is 58.5 Å². The molecule has 4 N–H and O–H groups in total. The number of imide groups is 1. The molecular weight excluding hydrogens is 826 g/mol. The summed E-state index contributed by atoms with van der Waals surface area (Å²) in [7, 11) is 0. The maximum Gasteiger partial charge on any atom is 0.416 e. The van der Waals surface area contributed by atoms with Crippen molar-refractivity contribution in [2.75, 3.05) is 48.3 Å². The van der Waals surface area contributed by atoms with Gasteiger partial charge in [-0.1, -0.05) is 0 Å². The summed E-state index contributed by atoms with van der Waals surface area (Å²) in [5.41, 5.74) is -0.856. The molecule has 6 rings (SSSR count). The molecule has 1 unspecified atom stereocenters. The van der Waals surface area contributed by atoms with E-state index in [4.69, 9.17) is 0 Å². The number of nitrogens with one attached hydrogen (secondary N) is 4. The van der Waals surface area contributed by atoms with E-state index in [0.29, 0.717) is 60.3 Å². The lowest BCUT2D eigenvalue weighted by Gasteiger charge is -2.33. The quantitative estimate of drug-likeness (QED) is 0.0590.